The maximum atomic E-state index is 12.3. The second-order valence-corrected chi connectivity index (χ2v) is 5.89. The summed E-state index contributed by atoms with van der Waals surface area (Å²) in [5, 5.41) is 2.70. The Labute approximate surface area is 119 Å². The van der Waals surface area contributed by atoms with Gasteiger partial charge in [-0.2, -0.15) is 0 Å². The first-order valence-corrected chi connectivity index (χ1v) is 6.67. The minimum atomic E-state index is -0.824. The summed E-state index contributed by atoms with van der Waals surface area (Å²) in [6, 6.07) is 7.26. The fraction of sp³-hybridized carbons (Fsp3) is 0.467. The number of amides is 3. The Kier molecular flexibility index (Phi) is 3.46. The lowest BCUT2D eigenvalue weighted by Gasteiger charge is -2.23. The molecule has 0 spiro atoms. The molecule has 0 bridgehead atoms. The summed E-state index contributed by atoms with van der Waals surface area (Å²) >= 11 is 0. The maximum Gasteiger partial charge on any atom is 0.325 e. The Morgan fingerprint density at radius 1 is 1.15 bits per heavy atom. The van der Waals surface area contributed by atoms with Crippen LogP contribution in [0.1, 0.15) is 32.4 Å². The lowest BCUT2D eigenvalue weighted by molar-refractivity contribution is -0.131. The van der Waals surface area contributed by atoms with Crippen molar-refractivity contribution in [3.05, 3.63) is 29.8 Å². The number of urea groups is 1. The van der Waals surface area contributed by atoms with Gasteiger partial charge in [-0.25, -0.2) is 4.79 Å². The van der Waals surface area contributed by atoms with E-state index in [1.54, 1.807) is 13.8 Å². The van der Waals surface area contributed by atoms with Crippen LogP contribution in [-0.4, -0.2) is 36.5 Å². The number of anilines is 1. The Morgan fingerprint density at radius 3 is 2.10 bits per heavy atom. The molecule has 1 aromatic rings. The van der Waals surface area contributed by atoms with E-state index in [0.29, 0.717) is 0 Å². The van der Waals surface area contributed by atoms with Crippen LogP contribution in [0.5, 0.6) is 0 Å². The number of hydrogen-bond donors (Lipinski definition) is 1. The molecular formula is C15H21N3O2. The van der Waals surface area contributed by atoms with Gasteiger partial charge in [0.2, 0.25) is 0 Å². The number of hydrogen-bond acceptors (Lipinski definition) is 3. The van der Waals surface area contributed by atoms with Crippen molar-refractivity contribution in [2.24, 2.45) is 0 Å². The number of carbonyl (C=O) groups excluding carboxylic acids is 2. The van der Waals surface area contributed by atoms with Gasteiger partial charge < -0.3 is 10.2 Å². The van der Waals surface area contributed by atoms with Gasteiger partial charge in [-0.05, 0) is 38.5 Å². The lowest BCUT2D eigenvalue weighted by Crippen LogP contribution is -2.40. The quantitative estimate of drug-likeness (QED) is 0.860. The van der Waals surface area contributed by atoms with Crippen molar-refractivity contribution in [3.63, 3.8) is 0 Å². The first kappa shape index (κ1) is 14.4. The zero-order chi connectivity index (χ0) is 15.1. The van der Waals surface area contributed by atoms with Crippen molar-refractivity contribution in [2.75, 3.05) is 19.0 Å². The molecule has 1 fully saturated rings. The summed E-state index contributed by atoms with van der Waals surface area (Å²) in [7, 11) is 3.94. The van der Waals surface area contributed by atoms with Crippen molar-refractivity contribution >= 4 is 17.6 Å². The third-order valence-electron chi connectivity index (χ3n) is 3.67. The van der Waals surface area contributed by atoms with Gasteiger partial charge in [-0.15, -0.1) is 0 Å². The average Bonchev–Trinajstić information content (AvgIpc) is 2.58. The Balaban J connectivity index is 2.25. The first-order chi connectivity index (χ1) is 9.24. The highest BCUT2D eigenvalue weighted by molar-refractivity contribution is 6.06. The van der Waals surface area contributed by atoms with E-state index in [9.17, 15) is 9.59 Å². The van der Waals surface area contributed by atoms with Crippen LogP contribution in [0, 0.1) is 0 Å². The van der Waals surface area contributed by atoms with Gasteiger partial charge in [0.1, 0.15) is 5.54 Å². The minimum Gasteiger partial charge on any atom is -0.378 e. The van der Waals surface area contributed by atoms with Crippen LogP contribution in [0.25, 0.3) is 0 Å². The minimum absolute atomic E-state index is 0.188. The van der Waals surface area contributed by atoms with E-state index < -0.39 is 5.54 Å². The zero-order valence-electron chi connectivity index (χ0n) is 12.6. The summed E-state index contributed by atoms with van der Waals surface area (Å²) in [6.07, 6.45) is 0. The molecule has 108 valence electrons. The normalized spacial score (nSPS) is 18.9. The van der Waals surface area contributed by atoms with Crippen LogP contribution >= 0.6 is 0 Å². The fourth-order valence-electron chi connectivity index (χ4n) is 2.33. The Bertz CT molecular complexity index is 535. The number of nitrogens with one attached hydrogen (secondary N) is 1. The zero-order valence-corrected chi connectivity index (χ0v) is 12.6. The van der Waals surface area contributed by atoms with Gasteiger partial charge in [0.05, 0.1) is 6.04 Å². The van der Waals surface area contributed by atoms with E-state index in [0.717, 1.165) is 11.3 Å². The number of carbonyl (C=O) groups is 2. The van der Waals surface area contributed by atoms with Crippen LogP contribution in [0.15, 0.2) is 24.3 Å². The fourth-order valence-corrected chi connectivity index (χ4v) is 2.33. The van der Waals surface area contributed by atoms with Gasteiger partial charge in [0, 0.05) is 19.8 Å². The van der Waals surface area contributed by atoms with Crippen LogP contribution in [0.2, 0.25) is 0 Å². The highest BCUT2D eigenvalue weighted by Crippen LogP contribution is 2.28. The van der Waals surface area contributed by atoms with Crippen molar-refractivity contribution in [1.29, 1.82) is 0 Å². The van der Waals surface area contributed by atoms with E-state index in [1.807, 2.05) is 50.2 Å². The molecule has 3 amide bonds. The summed E-state index contributed by atoms with van der Waals surface area (Å²) in [5.74, 6) is -0.188. The summed E-state index contributed by atoms with van der Waals surface area (Å²) < 4.78 is 0. The smallest absolute Gasteiger partial charge is 0.325 e. The van der Waals surface area contributed by atoms with Crippen LogP contribution < -0.4 is 10.2 Å². The lowest BCUT2D eigenvalue weighted by atomic mass is 10.0. The van der Waals surface area contributed by atoms with Crippen LogP contribution in [-0.2, 0) is 4.79 Å². The molecule has 0 aliphatic carbocycles. The van der Waals surface area contributed by atoms with Crippen molar-refractivity contribution < 1.29 is 9.59 Å². The van der Waals surface area contributed by atoms with Crippen LogP contribution in [0.4, 0.5) is 10.5 Å². The van der Waals surface area contributed by atoms with E-state index in [2.05, 4.69) is 5.32 Å². The second-order valence-electron chi connectivity index (χ2n) is 5.89. The number of benzene rings is 1. The number of imide groups is 1. The second kappa shape index (κ2) is 4.81. The highest BCUT2D eigenvalue weighted by Gasteiger charge is 2.46. The summed E-state index contributed by atoms with van der Waals surface area (Å²) in [4.78, 5) is 27.5. The number of rotatable bonds is 3. The molecule has 0 saturated carbocycles. The third-order valence-corrected chi connectivity index (χ3v) is 3.67. The Hall–Kier alpha value is -2.04. The standard InChI is InChI=1S/C15H21N3O2/c1-10(11-6-8-12(9-7-11)17(4)5)18-13(19)15(2,3)16-14(18)20/h6-10H,1-5H3,(H,16,20). The Morgan fingerprint density at radius 2 is 1.70 bits per heavy atom. The van der Waals surface area contributed by atoms with Gasteiger partial charge >= 0.3 is 6.03 Å². The molecule has 20 heavy (non-hydrogen) atoms. The molecule has 1 aromatic carbocycles. The molecule has 1 N–H and O–H groups in total. The maximum absolute atomic E-state index is 12.3. The van der Waals surface area contributed by atoms with Crippen LogP contribution in [0.3, 0.4) is 0 Å². The molecular weight excluding hydrogens is 254 g/mol. The average molecular weight is 275 g/mol. The molecule has 5 nitrogen and oxygen atoms in total. The van der Waals surface area contributed by atoms with Crippen molar-refractivity contribution in [1.82, 2.24) is 10.2 Å². The van der Waals surface area contributed by atoms with Crippen molar-refractivity contribution in [3.8, 4) is 0 Å². The SMILES string of the molecule is CC(c1ccc(N(C)C)cc1)N1C(=O)NC(C)(C)C1=O. The molecule has 1 heterocycles. The summed E-state index contributed by atoms with van der Waals surface area (Å²) in [6.45, 7) is 5.30. The van der Waals surface area contributed by atoms with E-state index in [-0.39, 0.29) is 18.0 Å². The molecule has 1 atom stereocenters. The van der Waals surface area contributed by atoms with E-state index in [4.69, 9.17) is 0 Å². The molecule has 2 rings (SSSR count). The van der Waals surface area contributed by atoms with Gasteiger partial charge in [0.25, 0.3) is 5.91 Å². The van der Waals surface area contributed by atoms with Crippen molar-refractivity contribution in [2.45, 2.75) is 32.4 Å². The molecule has 1 aliphatic heterocycles. The van der Waals surface area contributed by atoms with E-state index in [1.165, 1.54) is 4.90 Å². The topological polar surface area (TPSA) is 52.6 Å². The van der Waals surface area contributed by atoms with E-state index >= 15 is 0 Å². The monoisotopic (exact) mass is 275 g/mol. The highest BCUT2D eigenvalue weighted by atomic mass is 16.2. The van der Waals surface area contributed by atoms with Gasteiger partial charge in [-0.1, -0.05) is 12.1 Å². The van der Waals surface area contributed by atoms with Gasteiger partial charge in [0.15, 0.2) is 0 Å². The molecule has 1 unspecified atom stereocenters. The molecule has 0 radical (unpaired) electrons. The third kappa shape index (κ3) is 2.35. The predicted octanol–water partition coefficient (Wildman–Crippen LogP) is 2.14. The number of nitrogens with zero attached hydrogens (tertiary/aromatic N) is 2. The molecule has 0 aromatic heterocycles. The largest absolute Gasteiger partial charge is 0.378 e. The molecule has 1 aliphatic rings. The summed E-state index contributed by atoms with van der Waals surface area (Å²) in [5.41, 5.74) is 1.20. The predicted molar refractivity (Wildman–Crippen MR) is 78.6 cm³/mol. The molecule has 5 heteroatoms. The first-order valence-electron chi connectivity index (χ1n) is 6.67. The van der Waals surface area contributed by atoms with Gasteiger partial charge in [-0.3, -0.25) is 9.69 Å². The molecule has 1 saturated heterocycles.